The van der Waals surface area contributed by atoms with Gasteiger partial charge < -0.3 is 14.1 Å². The van der Waals surface area contributed by atoms with Gasteiger partial charge in [0.2, 0.25) is 11.8 Å². The Morgan fingerprint density at radius 2 is 2.19 bits per heavy atom. The van der Waals surface area contributed by atoms with Crippen molar-refractivity contribution in [1.29, 1.82) is 0 Å². The third-order valence-corrected chi connectivity index (χ3v) is 3.80. The number of ether oxygens (including phenoxy) is 1. The summed E-state index contributed by atoms with van der Waals surface area (Å²) < 4.78 is 10.7. The van der Waals surface area contributed by atoms with Gasteiger partial charge in [0.25, 0.3) is 5.22 Å². The first-order valence-electron chi connectivity index (χ1n) is 6.55. The van der Waals surface area contributed by atoms with Gasteiger partial charge in [0.05, 0.1) is 24.5 Å². The lowest BCUT2D eigenvalue weighted by Gasteiger charge is -2.26. The number of carbonyl (C=O) groups excluding carboxylic acids is 1. The fourth-order valence-electron chi connectivity index (χ4n) is 1.90. The highest BCUT2D eigenvalue weighted by Gasteiger charge is 2.18. The van der Waals surface area contributed by atoms with E-state index in [1.54, 1.807) is 23.4 Å². The largest absolute Gasteiger partial charge is 0.411 e. The third kappa shape index (κ3) is 3.59. The van der Waals surface area contributed by atoms with Crippen LogP contribution >= 0.6 is 11.8 Å². The lowest BCUT2D eigenvalue weighted by Crippen LogP contribution is -2.41. The van der Waals surface area contributed by atoms with Gasteiger partial charge in [0, 0.05) is 25.5 Å². The molecule has 1 amide bonds. The molecule has 21 heavy (non-hydrogen) atoms. The Kier molecular flexibility index (Phi) is 4.46. The summed E-state index contributed by atoms with van der Waals surface area (Å²) in [7, 11) is 0. The molecule has 2 aromatic heterocycles. The number of rotatable bonds is 4. The summed E-state index contributed by atoms with van der Waals surface area (Å²) in [6.45, 7) is 2.48. The summed E-state index contributed by atoms with van der Waals surface area (Å²) >= 11 is 1.24. The molecule has 1 aliphatic rings. The van der Waals surface area contributed by atoms with Crippen LogP contribution in [0.3, 0.4) is 0 Å². The highest BCUT2D eigenvalue weighted by Crippen LogP contribution is 2.22. The summed E-state index contributed by atoms with van der Waals surface area (Å²) in [5, 5.41) is 8.27. The second-order valence-corrected chi connectivity index (χ2v) is 5.32. The fraction of sp³-hybridized carbons (Fsp3) is 0.385. The monoisotopic (exact) mass is 306 g/mol. The van der Waals surface area contributed by atoms with Crippen LogP contribution in [-0.2, 0) is 9.53 Å². The first kappa shape index (κ1) is 14.0. The van der Waals surface area contributed by atoms with Gasteiger partial charge in [-0.25, -0.2) is 0 Å². The molecule has 0 aliphatic carbocycles. The third-order valence-electron chi connectivity index (χ3n) is 3.00. The van der Waals surface area contributed by atoms with Crippen LogP contribution in [0.5, 0.6) is 0 Å². The van der Waals surface area contributed by atoms with Gasteiger partial charge in [0.1, 0.15) is 0 Å². The Balaban J connectivity index is 1.56. The van der Waals surface area contributed by atoms with E-state index in [4.69, 9.17) is 9.15 Å². The number of thioether (sulfide) groups is 1. The molecular formula is C13H14N4O3S. The van der Waals surface area contributed by atoms with E-state index in [0.29, 0.717) is 37.4 Å². The van der Waals surface area contributed by atoms with E-state index in [0.717, 1.165) is 5.56 Å². The van der Waals surface area contributed by atoms with E-state index in [-0.39, 0.29) is 11.7 Å². The van der Waals surface area contributed by atoms with E-state index in [1.807, 2.05) is 6.07 Å². The predicted octanol–water partition coefficient (Wildman–Crippen LogP) is 1.08. The van der Waals surface area contributed by atoms with Gasteiger partial charge in [0.15, 0.2) is 0 Å². The number of pyridine rings is 1. The van der Waals surface area contributed by atoms with Crippen molar-refractivity contribution in [3.63, 3.8) is 0 Å². The standard InChI is InChI=1S/C13H14N4O3S/c18-11(17-4-6-19-7-5-17)9-21-13-16-15-12(20-13)10-2-1-3-14-8-10/h1-3,8H,4-7,9H2. The molecule has 0 atom stereocenters. The SMILES string of the molecule is O=C(CSc1nnc(-c2cccnc2)o1)N1CCOCC1. The van der Waals surface area contributed by atoms with Crippen LogP contribution in [0.1, 0.15) is 0 Å². The van der Waals surface area contributed by atoms with Gasteiger partial charge in [-0.3, -0.25) is 9.78 Å². The molecule has 1 fully saturated rings. The molecule has 2 aromatic rings. The minimum atomic E-state index is 0.0597. The second kappa shape index (κ2) is 6.68. The van der Waals surface area contributed by atoms with Gasteiger partial charge in [-0.1, -0.05) is 11.8 Å². The summed E-state index contributed by atoms with van der Waals surface area (Å²) in [5.74, 6) is 0.753. The molecule has 1 aliphatic heterocycles. The van der Waals surface area contributed by atoms with Crippen molar-refractivity contribution in [1.82, 2.24) is 20.1 Å². The maximum absolute atomic E-state index is 12.0. The van der Waals surface area contributed by atoms with Crippen LogP contribution in [0.15, 0.2) is 34.2 Å². The van der Waals surface area contributed by atoms with Crippen molar-refractivity contribution in [2.45, 2.75) is 5.22 Å². The van der Waals surface area contributed by atoms with Crippen molar-refractivity contribution in [2.75, 3.05) is 32.1 Å². The van der Waals surface area contributed by atoms with Crippen LogP contribution in [-0.4, -0.2) is 58.0 Å². The highest BCUT2D eigenvalue weighted by molar-refractivity contribution is 7.99. The molecule has 1 saturated heterocycles. The molecular weight excluding hydrogens is 292 g/mol. The Bertz CT molecular complexity index is 598. The molecule has 7 nitrogen and oxygen atoms in total. The molecule has 0 N–H and O–H groups in total. The van der Waals surface area contributed by atoms with E-state index in [1.165, 1.54) is 11.8 Å². The molecule has 0 bridgehead atoms. The second-order valence-electron chi connectivity index (χ2n) is 4.40. The Morgan fingerprint density at radius 1 is 1.33 bits per heavy atom. The minimum Gasteiger partial charge on any atom is -0.411 e. The highest BCUT2D eigenvalue weighted by atomic mass is 32.2. The number of aromatic nitrogens is 3. The molecule has 0 saturated carbocycles. The van der Waals surface area contributed by atoms with Crippen LogP contribution in [0, 0.1) is 0 Å². The molecule has 8 heteroatoms. The number of morpholine rings is 1. The first-order valence-corrected chi connectivity index (χ1v) is 7.54. The van der Waals surface area contributed by atoms with Crippen LogP contribution < -0.4 is 0 Å². The zero-order valence-electron chi connectivity index (χ0n) is 11.3. The Hall–Kier alpha value is -1.93. The Labute approximate surface area is 125 Å². The lowest BCUT2D eigenvalue weighted by molar-refractivity contribution is -0.132. The molecule has 3 rings (SSSR count). The average Bonchev–Trinajstić information content (AvgIpc) is 3.03. The molecule has 0 unspecified atom stereocenters. The van der Waals surface area contributed by atoms with Gasteiger partial charge in [-0.2, -0.15) is 0 Å². The van der Waals surface area contributed by atoms with Crippen LogP contribution in [0.2, 0.25) is 0 Å². The van der Waals surface area contributed by atoms with Crippen molar-refractivity contribution in [3.8, 4) is 11.5 Å². The van der Waals surface area contributed by atoms with E-state index in [9.17, 15) is 4.79 Å². The smallest absolute Gasteiger partial charge is 0.277 e. The van der Waals surface area contributed by atoms with E-state index in [2.05, 4.69) is 15.2 Å². The van der Waals surface area contributed by atoms with Crippen molar-refractivity contribution in [2.24, 2.45) is 0 Å². The summed E-state index contributed by atoms with van der Waals surface area (Å²) in [4.78, 5) is 17.8. The molecule has 0 radical (unpaired) electrons. The van der Waals surface area contributed by atoms with Gasteiger partial charge >= 0.3 is 0 Å². The Morgan fingerprint density at radius 3 is 2.95 bits per heavy atom. The predicted molar refractivity (Wildman–Crippen MR) is 75.7 cm³/mol. The van der Waals surface area contributed by atoms with E-state index < -0.39 is 0 Å². The maximum Gasteiger partial charge on any atom is 0.277 e. The van der Waals surface area contributed by atoms with Gasteiger partial charge in [-0.15, -0.1) is 10.2 Å². The van der Waals surface area contributed by atoms with Crippen molar-refractivity contribution < 1.29 is 13.9 Å². The van der Waals surface area contributed by atoms with Crippen molar-refractivity contribution >= 4 is 17.7 Å². The number of amides is 1. The topological polar surface area (TPSA) is 81.3 Å². The molecule has 0 aromatic carbocycles. The molecule has 110 valence electrons. The quantitative estimate of drug-likeness (QED) is 0.782. The average molecular weight is 306 g/mol. The lowest BCUT2D eigenvalue weighted by atomic mass is 10.3. The summed E-state index contributed by atoms with van der Waals surface area (Å²) in [6.07, 6.45) is 3.33. The molecule has 3 heterocycles. The maximum atomic E-state index is 12.0. The number of hydrogen-bond acceptors (Lipinski definition) is 7. The number of nitrogens with zero attached hydrogens (tertiary/aromatic N) is 4. The number of hydrogen-bond donors (Lipinski definition) is 0. The summed E-state index contributed by atoms with van der Waals surface area (Å²) in [6, 6.07) is 3.64. The zero-order chi connectivity index (χ0) is 14.5. The first-order chi connectivity index (χ1) is 10.3. The zero-order valence-corrected chi connectivity index (χ0v) is 12.1. The van der Waals surface area contributed by atoms with Crippen LogP contribution in [0.25, 0.3) is 11.5 Å². The fourth-order valence-corrected chi connectivity index (χ4v) is 2.57. The van der Waals surface area contributed by atoms with E-state index >= 15 is 0 Å². The minimum absolute atomic E-state index is 0.0597. The summed E-state index contributed by atoms with van der Waals surface area (Å²) in [5.41, 5.74) is 0.761. The van der Waals surface area contributed by atoms with Crippen LogP contribution in [0.4, 0.5) is 0 Å². The van der Waals surface area contributed by atoms with Crippen molar-refractivity contribution in [3.05, 3.63) is 24.5 Å². The van der Waals surface area contributed by atoms with Gasteiger partial charge in [-0.05, 0) is 12.1 Å². The number of carbonyl (C=O) groups is 1. The molecule has 0 spiro atoms. The normalized spacial score (nSPS) is 15.1.